The van der Waals surface area contributed by atoms with Gasteiger partial charge in [-0.05, 0) is 55.5 Å². The third-order valence-corrected chi connectivity index (χ3v) is 5.96. The summed E-state index contributed by atoms with van der Waals surface area (Å²) in [7, 11) is 1.30. The molecule has 2 aromatic rings. The number of nitrogens with one attached hydrogen (secondary N) is 1. The molecule has 2 aromatic carbocycles. The topological polar surface area (TPSA) is 102 Å². The molecular weight excluding hydrogens is 432 g/mol. The van der Waals surface area contributed by atoms with Gasteiger partial charge in [-0.2, -0.15) is 0 Å². The van der Waals surface area contributed by atoms with Gasteiger partial charge in [0.2, 0.25) is 17.7 Å². The summed E-state index contributed by atoms with van der Waals surface area (Å²) in [5, 5.41) is 2.23. The van der Waals surface area contributed by atoms with Crippen LogP contribution in [0, 0.1) is 0 Å². The summed E-state index contributed by atoms with van der Waals surface area (Å²) < 4.78 is 10.0. The number of anilines is 2. The molecule has 1 heterocycles. The quantitative estimate of drug-likeness (QED) is 0.456. The second-order valence-corrected chi connectivity index (χ2v) is 8.24. The summed E-state index contributed by atoms with van der Waals surface area (Å²) in [6.07, 6.45) is 0.289. The number of thioether (sulfide) groups is 1. The van der Waals surface area contributed by atoms with E-state index in [2.05, 4.69) is 10.1 Å². The molecule has 0 saturated carbocycles. The van der Waals surface area contributed by atoms with Crippen molar-refractivity contribution >= 4 is 46.8 Å². The molecule has 1 aliphatic rings. The molecule has 0 aliphatic carbocycles. The van der Waals surface area contributed by atoms with Crippen molar-refractivity contribution in [2.45, 2.75) is 25.0 Å². The van der Waals surface area contributed by atoms with Crippen LogP contribution in [-0.4, -0.2) is 48.4 Å². The first-order valence-electron chi connectivity index (χ1n) is 10.1. The van der Waals surface area contributed by atoms with Crippen molar-refractivity contribution in [1.82, 2.24) is 0 Å². The summed E-state index contributed by atoms with van der Waals surface area (Å²) in [6.45, 7) is 2.41. The van der Waals surface area contributed by atoms with Crippen molar-refractivity contribution in [3.8, 4) is 5.75 Å². The molecule has 3 amide bonds. The zero-order chi connectivity index (χ0) is 23.1. The maximum atomic E-state index is 12.7. The highest BCUT2D eigenvalue weighted by molar-refractivity contribution is 8.00. The van der Waals surface area contributed by atoms with Crippen molar-refractivity contribution in [1.29, 1.82) is 0 Å². The lowest BCUT2D eigenvalue weighted by atomic mass is 10.2. The molecular formula is C23H24N2O6S. The molecule has 8 nitrogen and oxygen atoms in total. The number of carbonyl (C=O) groups is 4. The molecule has 0 bridgehead atoms. The molecule has 9 heteroatoms. The van der Waals surface area contributed by atoms with E-state index in [0.29, 0.717) is 35.0 Å². The van der Waals surface area contributed by atoms with Crippen LogP contribution in [-0.2, 0) is 19.1 Å². The molecule has 1 N–H and O–H groups in total. The van der Waals surface area contributed by atoms with Gasteiger partial charge in [0.05, 0.1) is 30.2 Å². The highest BCUT2D eigenvalue weighted by Gasteiger charge is 2.39. The van der Waals surface area contributed by atoms with Crippen LogP contribution < -0.4 is 15.0 Å². The Morgan fingerprint density at radius 2 is 1.78 bits per heavy atom. The van der Waals surface area contributed by atoms with Crippen LogP contribution >= 0.6 is 11.8 Å². The van der Waals surface area contributed by atoms with Crippen LogP contribution in [0.15, 0.2) is 48.5 Å². The van der Waals surface area contributed by atoms with Crippen LogP contribution in [0.5, 0.6) is 5.75 Å². The summed E-state index contributed by atoms with van der Waals surface area (Å²) >= 11 is 1.30. The van der Waals surface area contributed by atoms with Gasteiger partial charge < -0.3 is 14.8 Å². The fraction of sp³-hybridized carbons (Fsp3) is 0.304. The molecule has 3 rings (SSSR count). The summed E-state index contributed by atoms with van der Waals surface area (Å²) in [4.78, 5) is 49.9. The number of ether oxygens (including phenoxy) is 2. The minimum Gasteiger partial charge on any atom is -0.494 e. The van der Waals surface area contributed by atoms with E-state index in [1.807, 2.05) is 6.92 Å². The van der Waals surface area contributed by atoms with Gasteiger partial charge in [-0.25, -0.2) is 9.69 Å². The van der Waals surface area contributed by atoms with Gasteiger partial charge in [0.1, 0.15) is 5.75 Å². The van der Waals surface area contributed by atoms with Crippen LogP contribution in [0.1, 0.15) is 30.1 Å². The molecule has 1 unspecified atom stereocenters. The molecule has 1 aliphatic heterocycles. The first-order valence-corrected chi connectivity index (χ1v) is 11.2. The summed E-state index contributed by atoms with van der Waals surface area (Å²) in [5.74, 6) is -0.132. The minimum atomic E-state index is -0.513. The molecule has 32 heavy (non-hydrogen) atoms. The third-order valence-electron chi connectivity index (χ3n) is 4.75. The number of esters is 1. The Labute approximate surface area is 190 Å². The average Bonchev–Trinajstić information content (AvgIpc) is 3.07. The Hall–Kier alpha value is -3.33. The summed E-state index contributed by atoms with van der Waals surface area (Å²) in [6, 6.07) is 13.2. The highest BCUT2D eigenvalue weighted by Crippen LogP contribution is 2.31. The Morgan fingerprint density at radius 3 is 2.41 bits per heavy atom. The Morgan fingerprint density at radius 1 is 1.09 bits per heavy atom. The van der Waals surface area contributed by atoms with Crippen LogP contribution in [0.25, 0.3) is 0 Å². The average molecular weight is 457 g/mol. The van der Waals surface area contributed by atoms with Crippen molar-refractivity contribution in [3.63, 3.8) is 0 Å². The zero-order valence-electron chi connectivity index (χ0n) is 17.8. The van der Waals surface area contributed by atoms with Crippen LogP contribution in [0.2, 0.25) is 0 Å². The molecule has 0 radical (unpaired) electrons. The summed E-state index contributed by atoms with van der Waals surface area (Å²) in [5.41, 5.74) is 1.46. The van der Waals surface area contributed by atoms with Gasteiger partial charge in [-0.3, -0.25) is 14.4 Å². The second-order valence-electron chi connectivity index (χ2n) is 6.92. The SMILES string of the molecule is CCOc1ccc(N2C(=O)CC(SCCC(=O)Nc3ccc(C(=O)OC)cc3)C2=O)cc1. The van der Waals surface area contributed by atoms with Crippen molar-refractivity contribution in [2.75, 3.05) is 29.7 Å². The predicted molar refractivity (Wildman–Crippen MR) is 122 cm³/mol. The number of benzene rings is 2. The number of carbonyl (C=O) groups excluding carboxylic acids is 4. The molecule has 0 aromatic heterocycles. The largest absolute Gasteiger partial charge is 0.494 e. The number of methoxy groups -OCH3 is 1. The van der Waals surface area contributed by atoms with Gasteiger partial charge in [0.25, 0.3) is 0 Å². The monoisotopic (exact) mass is 456 g/mol. The van der Waals surface area contributed by atoms with Gasteiger partial charge in [0.15, 0.2) is 0 Å². The van der Waals surface area contributed by atoms with Gasteiger partial charge >= 0.3 is 5.97 Å². The second kappa shape index (κ2) is 10.8. The lowest BCUT2D eigenvalue weighted by molar-refractivity contribution is -0.121. The number of rotatable bonds is 9. The van der Waals surface area contributed by atoms with Crippen LogP contribution in [0.3, 0.4) is 0 Å². The maximum absolute atomic E-state index is 12.7. The van der Waals surface area contributed by atoms with E-state index in [1.54, 1.807) is 48.5 Å². The normalized spacial score (nSPS) is 15.6. The zero-order valence-corrected chi connectivity index (χ0v) is 18.6. The van der Waals surface area contributed by atoms with E-state index in [0.717, 1.165) is 0 Å². The minimum absolute atomic E-state index is 0.104. The number of hydrogen-bond acceptors (Lipinski definition) is 7. The maximum Gasteiger partial charge on any atom is 0.337 e. The third kappa shape index (κ3) is 5.67. The Balaban J connectivity index is 1.48. The predicted octanol–water partition coefficient (Wildman–Crippen LogP) is 3.27. The number of hydrogen-bond donors (Lipinski definition) is 1. The van der Waals surface area contributed by atoms with E-state index < -0.39 is 11.2 Å². The van der Waals surface area contributed by atoms with Crippen molar-refractivity contribution in [3.05, 3.63) is 54.1 Å². The van der Waals surface area contributed by atoms with Crippen molar-refractivity contribution in [2.24, 2.45) is 0 Å². The van der Waals surface area contributed by atoms with E-state index in [4.69, 9.17) is 4.74 Å². The van der Waals surface area contributed by atoms with Gasteiger partial charge in [-0.1, -0.05) is 0 Å². The van der Waals surface area contributed by atoms with E-state index in [1.165, 1.54) is 23.8 Å². The van der Waals surface area contributed by atoms with E-state index in [-0.39, 0.29) is 30.6 Å². The first kappa shape index (κ1) is 23.3. The Bertz CT molecular complexity index is 991. The molecule has 1 fully saturated rings. The number of imide groups is 1. The molecule has 168 valence electrons. The van der Waals surface area contributed by atoms with Crippen molar-refractivity contribution < 1.29 is 28.7 Å². The highest BCUT2D eigenvalue weighted by atomic mass is 32.2. The van der Waals surface area contributed by atoms with Gasteiger partial charge in [-0.15, -0.1) is 11.8 Å². The lowest BCUT2D eigenvalue weighted by Crippen LogP contribution is -2.31. The van der Waals surface area contributed by atoms with Gasteiger partial charge in [0, 0.05) is 24.3 Å². The molecule has 1 atom stereocenters. The fourth-order valence-electron chi connectivity index (χ4n) is 3.19. The lowest BCUT2D eigenvalue weighted by Gasteiger charge is -2.15. The Kier molecular flexibility index (Phi) is 7.88. The van der Waals surface area contributed by atoms with E-state index >= 15 is 0 Å². The first-order chi connectivity index (χ1) is 15.4. The standard InChI is InChI=1S/C23H24N2O6S/c1-3-31-18-10-8-17(9-11-18)25-21(27)14-19(22(25)28)32-13-12-20(26)24-16-6-4-15(5-7-16)23(29)30-2/h4-11,19H,3,12-14H2,1-2H3,(H,24,26). The van der Waals surface area contributed by atoms with E-state index in [9.17, 15) is 19.2 Å². The van der Waals surface area contributed by atoms with Crippen LogP contribution in [0.4, 0.5) is 11.4 Å². The fourth-order valence-corrected chi connectivity index (χ4v) is 4.28. The number of nitrogens with zero attached hydrogens (tertiary/aromatic N) is 1. The molecule has 0 spiro atoms. The number of amides is 3. The smallest absolute Gasteiger partial charge is 0.337 e. The molecule has 1 saturated heterocycles.